The lowest BCUT2D eigenvalue weighted by Crippen LogP contribution is -2.38. The van der Waals surface area contributed by atoms with E-state index in [1.54, 1.807) is 0 Å². The summed E-state index contributed by atoms with van der Waals surface area (Å²) in [6.07, 6.45) is 3.03. The number of hydrogen-bond acceptors (Lipinski definition) is 3. The maximum Gasteiger partial charge on any atom is 0.307 e. The Kier molecular flexibility index (Phi) is 4.19. The fraction of sp³-hybridized carbons (Fsp3) is 0.500. The number of fused-ring (bicyclic) bond motifs is 1. The van der Waals surface area contributed by atoms with Gasteiger partial charge in [0.05, 0.1) is 17.9 Å². The van der Waals surface area contributed by atoms with Crippen molar-refractivity contribution in [3.8, 4) is 0 Å². The third-order valence-corrected chi connectivity index (χ3v) is 5.57. The van der Waals surface area contributed by atoms with E-state index < -0.39 is 11.9 Å². The maximum atomic E-state index is 12.5. The van der Waals surface area contributed by atoms with Crippen LogP contribution in [0.2, 0.25) is 0 Å². The van der Waals surface area contributed by atoms with Crippen LogP contribution in [0.15, 0.2) is 29.2 Å². The van der Waals surface area contributed by atoms with Gasteiger partial charge in [0.25, 0.3) is 0 Å². The smallest absolute Gasteiger partial charge is 0.307 e. The van der Waals surface area contributed by atoms with Gasteiger partial charge in [-0.25, -0.2) is 0 Å². The van der Waals surface area contributed by atoms with E-state index in [2.05, 4.69) is 17.4 Å². The summed E-state index contributed by atoms with van der Waals surface area (Å²) in [5, 5.41) is 12.3. The van der Waals surface area contributed by atoms with Crippen LogP contribution in [0.1, 0.15) is 37.3 Å². The van der Waals surface area contributed by atoms with Crippen LogP contribution in [0.25, 0.3) is 0 Å². The Morgan fingerprint density at radius 3 is 2.71 bits per heavy atom. The highest BCUT2D eigenvalue weighted by Gasteiger charge is 2.38. The number of carboxylic acid groups (broad SMARTS) is 1. The number of carbonyl (C=O) groups excluding carboxylic acids is 1. The molecule has 1 heterocycles. The molecule has 112 valence electrons. The number of nitrogens with one attached hydrogen (secondary N) is 1. The van der Waals surface area contributed by atoms with Crippen LogP contribution in [0, 0.1) is 11.8 Å². The quantitative estimate of drug-likeness (QED) is 0.901. The third kappa shape index (κ3) is 2.93. The summed E-state index contributed by atoms with van der Waals surface area (Å²) in [6, 6.07) is 8.14. The number of benzene rings is 1. The van der Waals surface area contributed by atoms with Gasteiger partial charge in [-0.3, -0.25) is 9.59 Å². The summed E-state index contributed by atoms with van der Waals surface area (Å²) in [4.78, 5) is 24.9. The third-order valence-electron chi connectivity index (χ3n) is 4.44. The molecule has 0 aromatic heterocycles. The second-order valence-corrected chi connectivity index (χ2v) is 6.86. The van der Waals surface area contributed by atoms with Crippen molar-refractivity contribution in [2.45, 2.75) is 36.6 Å². The molecule has 2 aliphatic rings. The Morgan fingerprint density at radius 2 is 1.90 bits per heavy atom. The molecule has 3 rings (SSSR count). The van der Waals surface area contributed by atoms with Crippen LogP contribution >= 0.6 is 11.8 Å². The van der Waals surface area contributed by atoms with E-state index in [0.29, 0.717) is 12.8 Å². The molecule has 1 amide bonds. The van der Waals surface area contributed by atoms with Gasteiger partial charge in [-0.2, -0.15) is 0 Å². The van der Waals surface area contributed by atoms with Gasteiger partial charge in [-0.15, -0.1) is 11.8 Å². The highest BCUT2D eigenvalue weighted by atomic mass is 32.2. The molecule has 21 heavy (non-hydrogen) atoms. The fourth-order valence-electron chi connectivity index (χ4n) is 3.34. The summed E-state index contributed by atoms with van der Waals surface area (Å²) in [5.41, 5.74) is 1.16. The summed E-state index contributed by atoms with van der Waals surface area (Å²) >= 11 is 1.81. The Morgan fingerprint density at radius 1 is 1.14 bits per heavy atom. The van der Waals surface area contributed by atoms with Crippen LogP contribution in [-0.2, 0) is 9.59 Å². The molecule has 0 radical (unpaired) electrons. The van der Waals surface area contributed by atoms with Crippen molar-refractivity contribution in [1.29, 1.82) is 0 Å². The second kappa shape index (κ2) is 6.10. The largest absolute Gasteiger partial charge is 0.481 e. The van der Waals surface area contributed by atoms with Crippen molar-refractivity contribution < 1.29 is 14.7 Å². The van der Waals surface area contributed by atoms with Gasteiger partial charge < -0.3 is 10.4 Å². The molecule has 1 fully saturated rings. The molecule has 5 heteroatoms. The van der Waals surface area contributed by atoms with Gasteiger partial charge in [0, 0.05) is 10.6 Å². The lowest BCUT2D eigenvalue weighted by molar-refractivity contribution is -0.146. The van der Waals surface area contributed by atoms with Gasteiger partial charge >= 0.3 is 5.97 Å². The Bertz CT molecular complexity index is 560. The number of carbonyl (C=O) groups is 2. The lowest BCUT2D eigenvalue weighted by atomic mass is 9.94. The monoisotopic (exact) mass is 305 g/mol. The van der Waals surface area contributed by atoms with Crippen LogP contribution < -0.4 is 5.32 Å². The van der Waals surface area contributed by atoms with Crippen LogP contribution in [0.5, 0.6) is 0 Å². The van der Waals surface area contributed by atoms with Gasteiger partial charge in [-0.05, 0) is 30.9 Å². The van der Waals surface area contributed by atoms with E-state index in [0.717, 1.165) is 24.2 Å². The van der Waals surface area contributed by atoms with Crippen molar-refractivity contribution in [3.63, 3.8) is 0 Å². The highest BCUT2D eigenvalue weighted by molar-refractivity contribution is 7.99. The van der Waals surface area contributed by atoms with Crippen molar-refractivity contribution in [2.24, 2.45) is 11.8 Å². The van der Waals surface area contributed by atoms with E-state index in [1.165, 1.54) is 4.90 Å². The topological polar surface area (TPSA) is 66.4 Å². The SMILES string of the molecule is O=C(O)C1CCCC1C(=O)NC1CCSc2ccccc21. The predicted octanol–water partition coefficient (Wildman–Crippen LogP) is 2.84. The van der Waals surface area contributed by atoms with Crippen molar-refractivity contribution in [3.05, 3.63) is 29.8 Å². The first kappa shape index (κ1) is 14.4. The molecule has 0 spiro atoms. The first-order valence-corrected chi connectivity index (χ1v) is 8.40. The Labute approximate surface area is 128 Å². The molecule has 1 aromatic rings. The van der Waals surface area contributed by atoms with Gasteiger partial charge in [0.1, 0.15) is 0 Å². The van der Waals surface area contributed by atoms with Crippen LogP contribution in [-0.4, -0.2) is 22.7 Å². The lowest BCUT2D eigenvalue weighted by Gasteiger charge is -2.27. The molecule has 4 nitrogen and oxygen atoms in total. The van der Waals surface area contributed by atoms with Crippen LogP contribution in [0.4, 0.5) is 0 Å². The Balaban J connectivity index is 1.73. The van der Waals surface area contributed by atoms with Gasteiger partial charge in [0.15, 0.2) is 0 Å². The summed E-state index contributed by atoms with van der Waals surface area (Å²) < 4.78 is 0. The number of carboxylic acids is 1. The minimum absolute atomic E-state index is 0.0185. The zero-order valence-electron chi connectivity index (χ0n) is 11.7. The van der Waals surface area contributed by atoms with Crippen molar-refractivity contribution >= 4 is 23.6 Å². The summed E-state index contributed by atoms with van der Waals surface area (Å²) in [6.45, 7) is 0. The molecule has 3 atom stereocenters. The van der Waals surface area contributed by atoms with Crippen molar-refractivity contribution in [1.82, 2.24) is 5.32 Å². The molecular formula is C16H19NO3S. The standard InChI is InChI=1S/C16H19NO3S/c18-15(10-5-3-6-11(10)16(19)20)17-13-8-9-21-14-7-2-1-4-12(13)14/h1-2,4,7,10-11,13H,3,5-6,8-9H2,(H,17,18)(H,19,20). The Hall–Kier alpha value is -1.49. The van der Waals surface area contributed by atoms with E-state index in [4.69, 9.17) is 0 Å². The number of amides is 1. The molecule has 1 aliphatic heterocycles. The summed E-state index contributed by atoms with van der Waals surface area (Å²) in [5.74, 6) is -0.837. The minimum Gasteiger partial charge on any atom is -0.481 e. The van der Waals surface area contributed by atoms with E-state index in [-0.39, 0.29) is 17.9 Å². The van der Waals surface area contributed by atoms with Gasteiger partial charge in [-0.1, -0.05) is 24.6 Å². The first-order chi connectivity index (χ1) is 10.2. The van der Waals surface area contributed by atoms with Crippen molar-refractivity contribution in [2.75, 3.05) is 5.75 Å². The number of aliphatic carboxylic acids is 1. The van der Waals surface area contributed by atoms with E-state index in [9.17, 15) is 14.7 Å². The van der Waals surface area contributed by atoms with Crippen LogP contribution in [0.3, 0.4) is 0 Å². The molecule has 3 unspecified atom stereocenters. The molecule has 2 N–H and O–H groups in total. The number of rotatable bonds is 3. The predicted molar refractivity (Wildman–Crippen MR) is 81.1 cm³/mol. The molecular weight excluding hydrogens is 286 g/mol. The minimum atomic E-state index is -0.841. The normalized spacial score (nSPS) is 27.9. The molecule has 1 aliphatic carbocycles. The zero-order chi connectivity index (χ0) is 14.8. The molecule has 1 aromatic carbocycles. The number of hydrogen-bond donors (Lipinski definition) is 2. The first-order valence-electron chi connectivity index (χ1n) is 7.41. The second-order valence-electron chi connectivity index (χ2n) is 5.72. The number of thioether (sulfide) groups is 1. The average molecular weight is 305 g/mol. The summed E-state index contributed by atoms with van der Waals surface area (Å²) in [7, 11) is 0. The molecule has 0 saturated heterocycles. The molecule has 1 saturated carbocycles. The highest BCUT2D eigenvalue weighted by Crippen LogP contribution is 2.37. The average Bonchev–Trinajstić information content (AvgIpc) is 2.97. The van der Waals surface area contributed by atoms with Gasteiger partial charge in [0.2, 0.25) is 5.91 Å². The van der Waals surface area contributed by atoms with E-state index in [1.807, 2.05) is 23.9 Å². The zero-order valence-corrected chi connectivity index (χ0v) is 12.6. The fourth-order valence-corrected chi connectivity index (χ4v) is 4.47. The van der Waals surface area contributed by atoms with E-state index >= 15 is 0 Å². The molecule has 0 bridgehead atoms. The maximum absolute atomic E-state index is 12.5.